The third kappa shape index (κ3) is 4.23. The maximum Gasteiger partial charge on any atom is 0.123 e. The quantitative estimate of drug-likeness (QED) is 0.816. The molecular weight excluding hydrogens is 281 g/mol. The van der Waals surface area contributed by atoms with E-state index in [2.05, 4.69) is 5.32 Å². The second-order valence-electron chi connectivity index (χ2n) is 4.20. The molecule has 0 aliphatic rings. The Labute approximate surface area is 122 Å². The van der Waals surface area contributed by atoms with Crippen LogP contribution in [-0.4, -0.2) is 7.05 Å². The normalized spacial score (nSPS) is 10.7. The van der Waals surface area contributed by atoms with Crippen molar-refractivity contribution in [1.82, 2.24) is 5.32 Å². The van der Waals surface area contributed by atoms with Crippen LogP contribution in [0.5, 0.6) is 0 Å². The maximum atomic E-state index is 13.2. The lowest BCUT2D eigenvalue weighted by molar-refractivity contribution is 0.621. The predicted octanol–water partition coefficient (Wildman–Crippen LogP) is 4.49. The summed E-state index contributed by atoms with van der Waals surface area (Å²) in [5.41, 5.74) is 2.19. The van der Waals surface area contributed by atoms with Crippen molar-refractivity contribution in [2.75, 3.05) is 7.05 Å². The minimum absolute atomic E-state index is 0.193. The first-order valence-electron chi connectivity index (χ1n) is 5.99. The minimum Gasteiger partial charge on any atom is -0.316 e. The number of hydrogen-bond donors (Lipinski definition) is 1. The average molecular weight is 296 g/mol. The molecule has 0 aliphatic heterocycles. The highest BCUT2D eigenvalue weighted by Crippen LogP contribution is 2.27. The monoisotopic (exact) mass is 295 g/mol. The molecule has 0 atom stereocenters. The SMILES string of the molecule is CNCc1cc(F)ccc1SCc1ccc(Cl)cc1. The maximum absolute atomic E-state index is 13.2. The van der Waals surface area contributed by atoms with Gasteiger partial charge in [0.05, 0.1) is 0 Å². The summed E-state index contributed by atoms with van der Waals surface area (Å²) in [6, 6.07) is 12.7. The number of thioether (sulfide) groups is 1. The van der Waals surface area contributed by atoms with Gasteiger partial charge in [0.2, 0.25) is 0 Å². The van der Waals surface area contributed by atoms with Gasteiger partial charge in [-0.25, -0.2) is 4.39 Å². The Hall–Kier alpha value is -1.03. The van der Waals surface area contributed by atoms with Gasteiger partial charge < -0.3 is 5.32 Å². The van der Waals surface area contributed by atoms with E-state index in [1.165, 1.54) is 11.6 Å². The van der Waals surface area contributed by atoms with E-state index in [0.717, 1.165) is 21.2 Å². The summed E-state index contributed by atoms with van der Waals surface area (Å²) in [4.78, 5) is 1.10. The number of benzene rings is 2. The van der Waals surface area contributed by atoms with Gasteiger partial charge in [-0.1, -0.05) is 23.7 Å². The van der Waals surface area contributed by atoms with Gasteiger partial charge in [-0.05, 0) is 48.5 Å². The molecule has 19 heavy (non-hydrogen) atoms. The number of rotatable bonds is 5. The lowest BCUT2D eigenvalue weighted by atomic mass is 10.2. The van der Waals surface area contributed by atoms with E-state index in [0.29, 0.717) is 6.54 Å². The second-order valence-corrected chi connectivity index (χ2v) is 5.65. The summed E-state index contributed by atoms with van der Waals surface area (Å²) in [6.45, 7) is 0.667. The standard InChI is InChI=1S/C15H15ClFNS/c1-18-9-12-8-14(17)6-7-15(12)19-10-11-2-4-13(16)5-3-11/h2-8,18H,9-10H2,1H3. The minimum atomic E-state index is -0.193. The summed E-state index contributed by atoms with van der Waals surface area (Å²) in [6.07, 6.45) is 0. The lowest BCUT2D eigenvalue weighted by Crippen LogP contribution is -2.06. The van der Waals surface area contributed by atoms with Gasteiger partial charge in [0.1, 0.15) is 5.82 Å². The molecule has 0 unspecified atom stereocenters. The molecule has 2 rings (SSSR count). The molecule has 0 heterocycles. The van der Waals surface area contributed by atoms with E-state index in [9.17, 15) is 4.39 Å². The molecule has 0 spiro atoms. The Morgan fingerprint density at radius 1 is 1.16 bits per heavy atom. The number of halogens is 2. The summed E-state index contributed by atoms with van der Waals surface area (Å²) < 4.78 is 13.2. The van der Waals surface area contributed by atoms with Crippen molar-refractivity contribution in [3.05, 3.63) is 64.4 Å². The smallest absolute Gasteiger partial charge is 0.123 e. The van der Waals surface area contributed by atoms with Gasteiger partial charge in [0, 0.05) is 22.2 Å². The van der Waals surface area contributed by atoms with Crippen LogP contribution in [0.25, 0.3) is 0 Å². The van der Waals surface area contributed by atoms with Crippen molar-refractivity contribution < 1.29 is 4.39 Å². The second kappa shape index (κ2) is 6.94. The number of nitrogens with one attached hydrogen (secondary N) is 1. The van der Waals surface area contributed by atoms with Crippen LogP contribution >= 0.6 is 23.4 Å². The summed E-state index contributed by atoms with van der Waals surface area (Å²) in [7, 11) is 1.86. The molecule has 0 fully saturated rings. The molecule has 2 aromatic carbocycles. The summed E-state index contributed by atoms with van der Waals surface area (Å²) in [5, 5.41) is 3.80. The topological polar surface area (TPSA) is 12.0 Å². The fourth-order valence-corrected chi connectivity index (χ4v) is 2.88. The zero-order valence-electron chi connectivity index (χ0n) is 10.6. The molecule has 0 saturated heterocycles. The molecule has 2 aromatic rings. The van der Waals surface area contributed by atoms with Gasteiger partial charge in [-0.2, -0.15) is 0 Å². The molecule has 100 valence electrons. The van der Waals surface area contributed by atoms with E-state index in [1.54, 1.807) is 17.8 Å². The van der Waals surface area contributed by atoms with Crippen LogP contribution in [0.15, 0.2) is 47.4 Å². The molecule has 1 nitrogen and oxygen atoms in total. The van der Waals surface area contributed by atoms with E-state index in [-0.39, 0.29) is 5.82 Å². The molecular formula is C15H15ClFNS. The molecule has 0 aliphatic carbocycles. The van der Waals surface area contributed by atoms with Crippen molar-refractivity contribution in [2.45, 2.75) is 17.2 Å². The Morgan fingerprint density at radius 3 is 2.58 bits per heavy atom. The highest BCUT2D eigenvalue weighted by Gasteiger charge is 2.05. The Morgan fingerprint density at radius 2 is 1.89 bits per heavy atom. The van der Waals surface area contributed by atoms with Crippen molar-refractivity contribution in [3.8, 4) is 0 Å². The van der Waals surface area contributed by atoms with Gasteiger partial charge in [-0.3, -0.25) is 0 Å². The number of hydrogen-bond acceptors (Lipinski definition) is 2. The molecule has 0 saturated carbocycles. The van der Waals surface area contributed by atoms with Crippen LogP contribution in [-0.2, 0) is 12.3 Å². The fraction of sp³-hybridized carbons (Fsp3) is 0.200. The van der Waals surface area contributed by atoms with Crippen molar-refractivity contribution in [1.29, 1.82) is 0 Å². The molecule has 0 bridgehead atoms. The van der Waals surface area contributed by atoms with Crippen LogP contribution in [0.4, 0.5) is 4.39 Å². The van der Waals surface area contributed by atoms with Crippen LogP contribution < -0.4 is 5.32 Å². The van der Waals surface area contributed by atoms with Gasteiger partial charge >= 0.3 is 0 Å². The molecule has 4 heteroatoms. The van der Waals surface area contributed by atoms with Gasteiger partial charge in [0.25, 0.3) is 0 Å². The third-order valence-corrected chi connectivity index (χ3v) is 4.14. The Kier molecular flexibility index (Phi) is 5.25. The zero-order chi connectivity index (χ0) is 13.7. The highest BCUT2D eigenvalue weighted by molar-refractivity contribution is 7.98. The van der Waals surface area contributed by atoms with Gasteiger partial charge in [-0.15, -0.1) is 11.8 Å². The van der Waals surface area contributed by atoms with Crippen LogP contribution in [0.3, 0.4) is 0 Å². The Balaban J connectivity index is 2.08. The van der Waals surface area contributed by atoms with Gasteiger partial charge in [0.15, 0.2) is 0 Å². The molecule has 0 radical (unpaired) electrons. The molecule has 0 amide bonds. The van der Waals surface area contributed by atoms with E-state index in [4.69, 9.17) is 11.6 Å². The van der Waals surface area contributed by atoms with Crippen molar-refractivity contribution >= 4 is 23.4 Å². The largest absolute Gasteiger partial charge is 0.316 e. The lowest BCUT2D eigenvalue weighted by Gasteiger charge is -2.09. The van der Waals surface area contributed by atoms with Crippen LogP contribution in [0.2, 0.25) is 5.02 Å². The fourth-order valence-electron chi connectivity index (χ4n) is 1.76. The Bertz CT molecular complexity index is 542. The van der Waals surface area contributed by atoms with E-state index < -0.39 is 0 Å². The predicted molar refractivity (Wildman–Crippen MR) is 80.2 cm³/mol. The first-order chi connectivity index (χ1) is 9.19. The summed E-state index contributed by atoms with van der Waals surface area (Å²) >= 11 is 7.56. The first kappa shape index (κ1) is 14.4. The molecule has 1 N–H and O–H groups in total. The van der Waals surface area contributed by atoms with Crippen molar-refractivity contribution in [3.63, 3.8) is 0 Å². The third-order valence-electron chi connectivity index (χ3n) is 2.70. The van der Waals surface area contributed by atoms with Crippen molar-refractivity contribution in [2.24, 2.45) is 0 Å². The molecule has 0 aromatic heterocycles. The van der Waals surface area contributed by atoms with E-state index >= 15 is 0 Å². The zero-order valence-corrected chi connectivity index (χ0v) is 12.2. The highest BCUT2D eigenvalue weighted by atomic mass is 35.5. The summed E-state index contributed by atoms with van der Waals surface area (Å²) in [5.74, 6) is 0.653. The van der Waals surface area contributed by atoms with Crippen LogP contribution in [0, 0.1) is 5.82 Å². The first-order valence-corrected chi connectivity index (χ1v) is 7.35. The van der Waals surface area contributed by atoms with E-state index in [1.807, 2.05) is 37.4 Å². The van der Waals surface area contributed by atoms with Crippen LogP contribution in [0.1, 0.15) is 11.1 Å². The average Bonchev–Trinajstić information content (AvgIpc) is 2.40.